The van der Waals surface area contributed by atoms with E-state index in [9.17, 15) is 9.59 Å². The summed E-state index contributed by atoms with van der Waals surface area (Å²) in [6.07, 6.45) is 1.65. The number of hydrogen-bond acceptors (Lipinski definition) is 4. The Balaban J connectivity index is 1.53. The van der Waals surface area contributed by atoms with Gasteiger partial charge in [-0.1, -0.05) is 58.4 Å². The van der Waals surface area contributed by atoms with Gasteiger partial charge in [0.15, 0.2) is 11.5 Å². The maximum Gasteiger partial charge on any atom is 0.329 e. The number of methoxy groups -OCH3 is 1. The van der Waals surface area contributed by atoms with Crippen LogP contribution in [0.2, 0.25) is 0 Å². The van der Waals surface area contributed by atoms with Crippen LogP contribution in [0, 0.1) is 3.57 Å². The number of carbonyl (C=O) groups excluding carboxylic acids is 2. The molecule has 0 radical (unpaired) electrons. The van der Waals surface area contributed by atoms with Crippen LogP contribution in [0.1, 0.15) is 16.7 Å². The van der Waals surface area contributed by atoms with E-state index in [1.165, 1.54) is 4.90 Å². The normalized spacial score (nSPS) is 14.5. The third-order valence-corrected chi connectivity index (χ3v) is 6.33. The largest absolute Gasteiger partial charge is 0.493 e. The second-order valence-corrected chi connectivity index (χ2v) is 9.39. The molecule has 3 aromatic carbocycles. The van der Waals surface area contributed by atoms with E-state index < -0.39 is 6.03 Å². The first-order valence-electron chi connectivity index (χ1n) is 10.1. The van der Waals surface area contributed by atoms with E-state index >= 15 is 0 Å². The number of imide groups is 1. The molecular formula is C25H20BrIN2O4. The third-order valence-electron chi connectivity index (χ3n) is 5.01. The molecule has 1 heterocycles. The van der Waals surface area contributed by atoms with E-state index in [0.717, 1.165) is 24.7 Å². The number of halogens is 2. The maximum absolute atomic E-state index is 12.8. The van der Waals surface area contributed by atoms with Crippen LogP contribution in [0.5, 0.6) is 11.5 Å². The van der Waals surface area contributed by atoms with Crippen LogP contribution in [-0.4, -0.2) is 23.9 Å². The van der Waals surface area contributed by atoms with Crippen LogP contribution >= 0.6 is 38.5 Å². The molecular weight excluding hydrogens is 599 g/mol. The van der Waals surface area contributed by atoms with Crippen molar-refractivity contribution in [1.82, 2.24) is 10.2 Å². The molecule has 4 rings (SSSR count). The molecule has 0 aromatic heterocycles. The van der Waals surface area contributed by atoms with Crippen LogP contribution in [0.4, 0.5) is 4.79 Å². The zero-order chi connectivity index (χ0) is 23.4. The predicted molar refractivity (Wildman–Crippen MR) is 138 cm³/mol. The minimum absolute atomic E-state index is 0.215. The van der Waals surface area contributed by atoms with Crippen molar-refractivity contribution >= 4 is 56.5 Å². The monoisotopic (exact) mass is 618 g/mol. The highest BCUT2D eigenvalue weighted by Gasteiger charge is 2.33. The third kappa shape index (κ3) is 5.56. The molecule has 168 valence electrons. The second kappa shape index (κ2) is 10.4. The fourth-order valence-corrected chi connectivity index (χ4v) is 4.39. The van der Waals surface area contributed by atoms with E-state index in [-0.39, 0.29) is 18.1 Å². The van der Waals surface area contributed by atoms with Gasteiger partial charge in [-0.3, -0.25) is 9.69 Å². The van der Waals surface area contributed by atoms with Crippen LogP contribution in [0.3, 0.4) is 0 Å². The van der Waals surface area contributed by atoms with Crippen molar-refractivity contribution in [2.75, 3.05) is 7.11 Å². The summed E-state index contributed by atoms with van der Waals surface area (Å²) in [6, 6.07) is 20.5. The Labute approximate surface area is 213 Å². The number of nitrogens with one attached hydrogen (secondary N) is 1. The highest BCUT2D eigenvalue weighted by atomic mass is 127. The summed E-state index contributed by atoms with van der Waals surface area (Å²) in [6.45, 7) is 0.607. The highest BCUT2D eigenvalue weighted by Crippen LogP contribution is 2.35. The standard InChI is InChI=1S/C25H20BrIN2O4/c1-32-22-13-18(11-20(27)23(22)33-15-17-7-9-19(26)10-8-17)12-21-24(30)29(25(31)28-21)14-16-5-3-2-4-6-16/h2-13H,14-15H2,1H3,(H,28,31)/b21-12+. The molecule has 1 aliphatic heterocycles. The molecule has 1 aliphatic rings. The Morgan fingerprint density at radius 2 is 1.76 bits per heavy atom. The molecule has 3 amide bonds. The van der Waals surface area contributed by atoms with Gasteiger partial charge in [-0.25, -0.2) is 4.79 Å². The fourth-order valence-electron chi connectivity index (χ4n) is 3.35. The number of benzene rings is 3. The van der Waals surface area contributed by atoms with Gasteiger partial charge in [0.25, 0.3) is 5.91 Å². The first-order chi connectivity index (χ1) is 15.9. The van der Waals surface area contributed by atoms with Crippen LogP contribution in [0.25, 0.3) is 6.08 Å². The lowest BCUT2D eigenvalue weighted by Gasteiger charge is -2.14. The molecule has 6 nitrogen and oxygen atoms in total. The van der Waals surface area contributed by atoms with Crippen molar-refractivity contribution in [3.05, 3.63) is 97.2 Å². The molecule has 0 aliphatic carbocycles. The van der Waals surface area contributed by atoms with Crippen LogP contribution in [0.15, 0.2) is 76.9 Å². The molecule has 3 aromatic rings. The lowest BCUT2D eigenvalue weighted by atomic mass is 10.1. The Bertz CT molecular complexity index is 1210. The number of nitrogens with zero attached hydrogens (tertiary/aromatic N) is 1. The van der Waals surface area contributed by atoms with Gasteiger partial charge >= 0.3 is 6.03 Å². The first kappa shape index (κ1) is 23.3. The van der Waals surface area contributed by atoms with Crippen molar-refractivity contribution in [3.8, 4) is 11.5 Å². The average molecular weight is 619 g/mol. The summed E-state index contributed by atoms with van der Waals surface area (Å²) in [5, 5.41) is 2.67. The number of rotatable bonds is 7. The van der Waals surface area contributed by atoms with Gasteiger partial charge in [0.2, 0.25) is 0 Å². The summed E-state index contributed by atoms with van der Waals surface area (Å²) in [5.74, 6) is 0.799. The second-order valence-electron chi connectivity index (χ2n) is 7.31. The SMILES string of the molecule is COc1cc(/C=C2/NC(=O)N(Cc3ccccc3)C2=O)cc(I)c1OCc1ccc(Br)cc1. The van der Waals surface area contributed by atoms with Crippen molar-refractivity contribution in [2.45, 2.75) is 13.2 Å². The predicted octanol–water partition coefficient (Wildman–Crippen LogP) is 5.73. The van der Waals surface area contributed by atoms with E-state index in [4.69, 9.17) is 9.47 Å². The summed E-state index contributed by atoms with van der Waals surface area (Å²) in [5.41, 5.74) is 2.85. The first-order valence-corrected chi connectivity index (χ1v) is 11.9. The van der Waals surface area contributed by atoms with Crippen molar-refractivity contribution in [3.63, 3.8) is 0 Å². The molecule has 0 unspecified atom stereocenters. The Kier molecular flexibility index (Phi) is 7.34. The smallest absolute Gasteiger partial charge is 0.329 e. The van der Waals surface area contributed by atoms with Gasteiger partial charge in [0, 0.05) is 4.47 Å². The topological polar surface area (TPSA) is 67.9 Å². The molecule has 0 spiro atoms. The minimum atomic E-state index is -0.439. The molecule has 1 fully saturated rings. The molecule has 0 saturated carbocycles. The van der Waals surface area contributed by atoms with Gasteiger partial charge in [0.1, 0.15) is 12.3 Å². The number of urea groups is 1. The fraction of sp³-hybridized carbons (Fsp3) is 0.120. The van der Waals surface area contributed by atoms with Gasteiger partial charge in [-0.15, -0.1) is 0 Å². The Hall–Kier alpha value is -2.85. The Morgan fingerprint density at radius 3 is 2.45 bits per heavy atom. The molecule has 1 saturated heterocycles. The van der Waals surface area contributed by atoms with Crippen LogP contribution in [-0.2, 0) is 17.9 Å². The molecule has 33 heavy (non-hydrogen) atoms. The summed E-state index contributed by atoms with van der Waals surface area (Å²) < 4.78 is 13.4. The van der Waals surface area contributed by atoms with Crippen molar-refractivity contribution < 1.29 is 19.1 Å². The molecule has 1 N–H and O–H groups in total. The number of ether oxygens (including phenoxy) is 2. The zero-order valence-corrected chi connectivity index (χ0v) is 21.4. The summed E-state index contributed by atoms with van der Waals surface area (Å²) in [4.78, 5) is 26.4. The molecule has 0 bridgehead atoms. The Morgan fingerprint density at radius 1 is 1.03 bits per heavy atom. The number of amides is 3. The van der Waals surface area contributed by atoms with Crippen molar-refractivity contribution in [1.29, 1.82) is 0 Å². The summed E-state index contributed by atoms with van der Waals surface area (Å²) in [7, 11) is 1.57. The van der Waals surface area contributed by atoms with E-state index in [0.29, 0.717) is 18.1 Å². The van der Waals surface area contributed by atoms with Gasteiger partial charge in [0.05, 0.1) is 17.2 Å². The molecule has 8 heteroatoms. The zero-order valence-electron chi connectivity index (χ0n) is 17.7. The van der Waals surface area contributed by atoms with E-state index in [1.807, 2.05) is 60.7 Å². The summed E-state index contributed by atoms with van der Waals surface area (Å²) >= 11 is 5.60. The average Bonchev–Trinajstić information content (AvgIpc) is 3.07. The maximum atomic E-state index is 12.8. The van der Waals surface area contributed by atoms with Gasteiger partial charge < -0.3 is 14.8 Å². The lowest BCUT2D eigenvalue weighted by Crippen LogP contribution is -2.30. The van der Waals surface area contributed by atoms with Crippen LogP contribution < -0.4 is 14.8 Å². The van der Waals surface area contributed by atoms with Gasteiger partial charge in [-0.05, 0) is 69.6 Å². The minimum Gasteiger partial charge on any atom is -0.493 e. The molecule has 0 atom stereocenters. The van der Waals surface area contributed by atoms with Crippen molar-refractivity contribution in [2.24, 2.45) is 0 Å². The number of hydrogen-bond donors (Lipinski definition) is 1. The quantitative estimate of drug-likeness (QED) is 0.209. The van der Waals surface area contributed by atoms with E-state index in [2.05, 4.69) is 43.8 Å². The highest BCUT2D eigenvalue weighted by molar-refractivity contribution is 14.1. The van der Waals surface area contributed by atoms with Gasteiger partial charge in [-0.2, -0.15) is 0 Å². The van der Waals surface area contributed by atoms with E-state index in [1.54, 1.807) is 19.3 Å². The number of carbonyl (C=O) groups is 2. The lowest BCUT2D eigenvalue weighted by molar-refractivity contribution is -0.123.